The van der Waals surface area contributed by atoms with E-state index in [2.05, 4.69) is 10.3 Å². The number of amides is 1. The van der Waals surface area contributed by atoms with Crippen LogP contribution in [-0.2, 0) is 16.0 Å². The number of esters is 1. The molecular weight excluding hydrogens is 347 g/mol. The van der Waals surface area contributed by atoms with Gasteiger partial charge in [0.05, 0.1) is 13.0 Å². The molecule has 0 radical (unpaired) electrons. The topological polar surface area (TPSA) is 68.3 Å². The van der Waals surface area contributed by atoms with Crippen LogP contribution in [0.3, 0.4) is 0 Å². The predicted octanol–water partition coefficient (Wildman–Crippen LogP) is 3.81. The minimum Gasteiger partial charge on any atom is -0.461 e. The number of nitrogens with one attached hydrogen (secondary N) is 1. The van der Waals surface area contributed by atoms with E-state index in [1.165, 1.54) is 5.38 Å². The third-order valence-electron chi connectivity index (χ3n) is 2.60. The number of carbonyl (C=O) groups is 2. The molecule has 2 rings (SSSR count). The summed E-state index contributed by atoms with van der Waals surface area (Å²) in [4.78, 5) is 27.5. The van der Waals surface area contributed by atoms with Crippen LogP contribution in [0.4, 0.5) is 5.13 Å². The molecule has 0 unspecified atom stereocenters. The van der Waals surface area contributed by atoms with E-state index < -0.39 is 5.97 Å². The zero-order valence-corrected chi connectivity index (χ0v) is 13.9. The maximum Gasteiger partial charge on any atom is 0.357 e. The van der Waals surface area contributed by atoms with Gasteiger partial charge in [0.1, 0.15) is 0 Å². The van der Waals surface area contributed by atoms with Crippen LogP contribution in [0.25, 0.3) is 0 Å². The Morgan fingerprint density at radius 3 is 2.82 bits per heavy atom. The summed E-state index contributed by atoms with van der Waals surface area (Å²) in [6, 6.07) is 4.93. The van der Waals surface area contributed by atoms with Gasteiger partial charge in [0, 0.05) is 15.4 Å². The molecule has 0 aliphatic carbocycles. The lowest BCUT2D eigenvalue weighted by atomic mass is 10.1. The fourth-order valence-electron chi connectivity index (χ4n) is 1.63. The molecule has 0 fully saturated rings. The third kappa shape index (κ3) is 4.43. The highest BCUT2D eigenvalue weighted by atomic mass is 35.5. The standard InChI is InChI=1S/C14H12Cl2N2O3S/c1-2-21-13(20)11-7-22-14(17-11)18-12(19)5-8-3-4-9(15)6-10(8)16/h3-4,6-7H,2,5H2,1H3,(H,17,18,19). The first-order valence-corrected chi connectivity index (χ1v) is 7.99. The molecule has 1 aromatic carbocycles. The second-order valence-electron chi connectivity index (χ2n) is 4.22. The summed E-state index contributed by atoms with van der Waals surface area (Å²) in [5, 5.41) is 5.41. The Kier molecular flexibility index (Phi) is 5.76. The molecule has 5 nitrogen and oxygen atoms in total. The summed E-state index contributed by atoms with van der Waals surface area (Å²) in [7, 11) is 0. The van der Waals surface area contributed by atoms with Crippen LogP contribution >= 0.6 is 34.5 Å². The smallest absolute Gasteiger partial charge is 0.357 e. The average Bonchev–Trinajstić information content (AvgIpc) is 2.91. The minimum atomic E-state index is -0.514. The highest BCUT2D eigenvalue weighted by molar-refractivity contribution is 7.14. The van der Waals surface area contributed by atoms with Crippen molar-refractivity contribution in [3.8, 4) is 0 Å². The van der Waals surface area contributed by atoms with Gasteiger partial charge >= 0.3 is 5.97 Å². The summed E-state index contributed by atoms with van der Waals surface area (Å²) in [6.07, 6.45) is 0.0876. The van der Waals surface area contributed by atoms with Crippen LogP contribution in [0, 0.1) is 0 Å². The van der Waals surface area contributed by atoms with Crippen molar-refractivity contribution in [1.29, 1.82) is 0 Å². The van der Waals surface area contributed by atoms with Crippen LogP contribution in [0.1, 0.15) is 23.0 Å². The first-order chi connectivity index (χ1) is 10.5. The molecule has 8 heteroatoms. The Balaban J connectivity index is 1.99. The van der Waals surface area contributed by atoms with Crippen molar-refractivity contribution in [3.05, 3.63) is 44.9 Å². The van der Waals surface area contributed by atoms with Crippen LogP contribution < -0.4 is 5.32 Å². The van der Waals surface area contributed by atoms with Crippen molar-refractivity contribution >= 4 is 51.5 Å². The molecule has 2 aromatic rings. The van der Waals surface area contributed by atoms with Gasteiger partial charge in [-0.15, -0.1) is 11.3 Å². The molecule has 22 heavy (non-hydrogen) atoms. The number of anilines is 1. The monoisotopic (exact) mass is 358 g/mol. The molecule has 0 aliphatic heterocycles. The predicted molar refractivity (Wildman–Crippen MR) is 86.9 cm³/mol. The zero-order valence-electron chi connectivity index (χ0n) is 11.6. The molecule has 0 saturated carbocycles. The number of nitrogens with zero attached hydrogens (tertiary/aromatic N) is 1. The average molecular weight is 359 g/mol. The van der Waals surface area contributed by atoms with Gasteiger partial charge in [-0.1, -0.05) is 29.3 Å². The van der Waals surface area contributed by atoms with Crippen LogP contribution in [0.2, 0.25) is 10.0 Å². The lowest BCUT2D eigenvalue weighted by Gasteiger charge is -2.04. The summed E-state index contributed by atoms with van der Waals surface area (Å²) in [6.45, 7) is 1.98. The Hall–Kier alpha value is -1.63. The zero-order chi connectivity index (χ0) is 16.1. The quantitative estimate of drug-likeness (QED) is 0.825. The maximum atomic E-state index is 12.0. The highest BCUT2D eigenvalue weighted by Crippen LogP contribution is 2.22. The Morgan fingerprint density at radius 1 is 1.36 bits per heavy atom. The van der Waals surface area contributed by atoms with Gasteiger partial charge in [-0.25, -0.2) is 9.78 Å². The molecule has 0 atom stereocenters. The van der Waals surface area contributed by atoms with E-state index in [4.69, 9.17) is 27.9 Å². The molecule has 0 aliphatic rings. The van der Waals surface area contributed by atoms with E-state index in [-0.39, 0.29) is 24.6 Å². The number of aromatic nitrogens is 1. The number of benzene rings is 1. The van der Waals surface area contributed by atoms with Crippen molar-refractivity contribution in [2.45, 2.75) is 13.3 Å². The van der Waals surface area contributed by atoms with Gasteiger partial charge in [-0.2, -0.15) is 0 Å². The van der Waals surface area contributed by atoms with Crippen molar-refractivity contribution < 1.29 is 14.3 Å². The maximum absolute atomic E-state index is 12.0. The molecule has 116 valence electrons. The van der Waals surface area contributed by atoms with Gasteiger partial charge in [0.25, 0.3) is 0 Å². The summed E-state index contributed by atoms with van der Waals surface area (Å²) >= 11 is 13.0. The summed E-state index contributed by atoms with van der Waals surface area (Å²) < 4.78 is 4.83. The number of ether oxygens (including phenoxy) is 1. The second-order valence-corrected chi connectivity index (χ2v) is 5.92. The van der Waals surface area contributed by atoms with Gasteiger partial charge in [-0.05, 0) is 24.6 Å². The number of thiazole rings is 1. The number of rotatable bonds is 5. The first-order valence-electron chi connectivity index (χ1n) is 6.36. The van der Waals surface area contributed by atoms with Gasteiger partial charge in [0.2, 0.25) is 5.91 Å². The highest BCUT2D eigenvalue weighted by Gasteiger charge is 2.14. The molecule has 1 aromatic heterocycles. The van der Waals surface area contributed by atoms with E-state index >= 15 is 0 Å². The largest absolute Gasteiger partial charge is 0.461 e. The molecule has 1 amide bonds. The van der Waals surface area contributed by atoms with E-state index in [9.17, 15) is 9.59 Å². The van der Waals surface area contributed by atoms with Crippen molar-refractivity contribution in [3.63, 3.8) is 0 Å². The fraction of sp³-hybridized carbons (Fsp3) is 0.214. The number of hydrogen-bond donors (Lipinski definition) is 1. The normalized spacial score (nSPS) is 10.3. The summed E-state index contributed by atoms with van der Waals surface area (Å²) in [5.41, 5.74) is 0.831. The van der Waals surface area contributed by atoms with E-state index in [0.29, 0.717) is 20.7 Å². The van der Waals surface area contributed by atoms with Crippen molar-refractivity contribution in [2.24, 2.45) is 0 Å². The second kappa shape index (κ2) is 7.58. The van der Waals surface area contributed by atoms with Crippen molar-refractivity contribution in [2.75, 3.05) is 11.9 Å². The van der Waals surface area contributed by atoms with Crippen molar-refractivity contribution in [1.82, 2.24) is 4.98 Å². The van der Waals surface area contributed by atoms with E-state index in [0.717, 1.165) is 11.3 Å². The molecular formula is C14H12Cl2N2O3S. The third-order valence-corrected chi connectivity index (χ3v) is 3.95. The lowest BCUT2D eigenvalue weighted by Crippen LogP contribution is -2.15. The van der Waals surface area contributed by atoms with E-state index in [1.54, 1.807) is 25.1 Å². The lowest BCUT2D eigenvalue weighted by molar-refractivity contribution is -0.115. The van der Waals surface area contributed by atoms with Gasteiger partial charge in [0.15, 0.2) is 10.8 Å². The molecule has 0 saturated heterocycles. The SMILES string of the molecule is CCOC(=O)c1csc(NC(=O)Cc2ccc(Cl)cc2Cl)n1. The van der Waals surface area contributed by atoms with Crippen LogP contribution in [-0.4, -0.2) is 23.5 Å². The minimum absolute atomic E-state index is 0.0876. The molecule has 1 heterocycles. The van der Waals surface area contributed by atoms with Crippen LogP contribution in [0.15, 0.2) is 23.6 Å². The molecule has 0 spiro atoms. The van der Waals surface area contributed by atoms with Gasteiger partial charge < -0.3 is 10.1 Å². The summed E-state index contributed by atoms with van der Waals surface area (Å²) in [5.74, 6) is -0.797. The number of halogens is 2. The Labute approximate surface area is 141 Å². The Morgan fingerprint density at radius 2 is 2.14 bits per heavy atom. The fourth-order valence-corrected chi connectivity index (χ4v) is 2.80. The van der Waals surface area contributed by atoms with Gasteiger partial charge in [-0.3, -0.25) is 4.79 Å². The molecule has 1 N–H and O–H groups in total. The van der Waals surface area contributed by atoms with Crippen LogP contribution in [0.5, 0.6) is 0 Å². The number of carbonyl (C=O) groups excluding carboxylic acids is 2. The first kappa shape index (κ1) is 16.7. The Bertz CT molecular complexity index is 703. The number of hydrogen-bond acceptors (Lipinski definition) is 5. The molecule has 0 bridgehead atoms. The van der Waals surface area contributed by atoms with E-state index in [1.807, 2.05) is 0 Å².